The summed E-state index contributed by atoms with van der Waals surface area (Å²) >= 11 is 0. The zero-order valence-corrected chi connectivity index (χ0v) is 10.5. The molecule has 2 rings (SSSR count). The molecule has 1 atom stereocenters. The largest absolute Gasteiger partial charge is 0.352 e. The number of hydrogen-bond acceptors (Lipinski definition) is 2. The zero-order chi connectivity index (χ0) is 12.3. The van der Waals surface area contributed by atoms with Crippen molar-refractivity contribution in [2.24, 2.45) is 0 Å². The van der Waals surface area contributed by atoms with E-state index in [4.69, 9.17) is 0 Å². The highest BCUT2D eigenvalue weighted by atomic mass is 16.1. The first-order valence-electron chi connectivity index (χ1n) is 6.36. The molecule has 1 unspecified atom stereocenters. The Hall–Kier alpha value is -1.35. The minimum Gasteiger partial charge on any atom is -0.352 e. The van der Waals surface area contributed by atoms with E-state index in [1.54, 1.807) is 0 Å². The molecule has 92 valence electrons. The number of hydrogen-bond donors (Lipinski definition) is 2. The molecule has 0 saturated carbocycles. The van der Waals surface area contributed by atoms with Gasteiger partial charge in [-0.2, -0.15) is 0 Å². The van der Waals surface area contributed by atoms with Crippen LogP contribution in [0.3, 0.4) is 0 Å². The van der Waals surface area contributed by atoms with Crippen LogP contribution in [-0.4, -0.2) is 19.0 Å². The maximum absolute atomic E-state index is 11.7. The Morgan fingerprint density at radius 2 is 2.29 bits per heavy atom. The van der Waals surface area contributed by atoms with Crippen molar-refractivity contribution in [1.29, 1.82) is 0 Å². The molecule has 0 radical (unpaired) electrons. The number of benzene rings is 1. The molecule has 17 heavy (non-hydrogen) atoms. The van der Waals surface area contributed by atoms with Gasteiger partial charge in [0.2, 0.25) is 0 Å². The molecule has 0 bridgehead atoms. The van der Waals surface area contributed by atoms with Crippen LogP contribution in [0.15, 0.2) is 18.2 Å². The van der Waals surface area contributed by atoms with E-state index < -0.39 is 0 Å². The number of nitrogens with one attached hydrogen (secondary N) is 2. The summed E-state index contributed by atoms with van der Waals surface area (Å²) in [6.07, 6.45) is 2.06. The Morgan fingerprint density at radius 3 is 3.06 bits per heavy atom. The van der Waals surface area contributed by atoms with Crippen LogP contribution in [0.25, 0.3) is 0 Å². The van der Waals surface area contributed by atoms with Crippen molar-refractivity contribution in [3.8, 4) is 0 Å². The van der Waals surface area contributed by atoms with E-state index in [1.165, 1.54) is 11.1 Å². The Morgan fingerprint density at radius 1 is 1.47 bits per heavy atom. The standard InChI is InChI=1S/C14H20N2O/c1-3-7-15-10(2)12-5-4-11-6-8-16-14(17)13(11)9-12/h4-5,9-10,15H,3,6-8H2,1-2H3,(H,16,17). The molecule has 1 aliphatic heterocycles. The maximum Gasteiger partial charge on any atom is 0.251 e. The van der Waals surface area contributed by atoms with Crippen molar-refractivity contribution < 1.29 is 4.79 Å². The van der Waals surface area contributed by atoms with E-state index in [0.717, 1.165) is 31.5 Å². The summed E-state index contributed by atoms with van der Waals surface area (Å²) in [4.78, 5) is 11.7. The highest BCUT2D eigenvalue weighted by Gasteiger charge is 2.17. The van der Waals surface area contributed by atoms with Crippen molar-refractivity contribution in [3.05, 3.63) is 34.9 Å². The van der Waals surface area contributed by atoms with Crippen LogP contribution in [-0.2, 0) is 6.42 Å². The zero-order valence-electron chi connectivity index (χ0n) is 10.5. The molecule has 0 fully saturated rings. The number of fused-ring (bicyclic) bond motifs is 1. The average Bonchev–Trinajstić information content (AvgIpc) is 2.36. The summed E-state index contributed by atoms with van der Waals surface area (Å²) in [5.41, 5.74) is 3.20. The van der Waals surface area contributed by atoms with Crippen LogP contribution < -0.4 is 10.6 Å². The smallest absolute Gasteiger partial charge is 0.251 e. The van der Waals surface area contributed by atoms with Gasteiger partial charge in [0.15, 0.2) is 0 Å². The minimum absolute atomic E-state index is 0.0655. The van der Waals surface area contributed by atoms with Crippen molar-refractivity contribution in [1.82, 2.24) is 10.6 Å². The van der Waals surface area contributed by atoms with Crippen LogP contribution in [0.2, 0.25) is 0 Å². The number of carbonyl (C=O) groups is 1. The third kappa shape index (κ3) is 2.67. The highest BCUT2D eigenvalue weighted by Crippen LogP contribution is 2.20. The third-order valence-electron chi connectivity index (χ3n) is 3.26. The molecule has 3 heteroatoms. The van der Waals surface area contributed by atoms with Gasteiger partial charge in [0, 0.05) is 18.2 Å². The van der Waals surface area contributed by atoms with Gasteiger partial charge < -0.3 is 10.6 Å². The first-order chi connectivity index (χ1) is 8.22. The van der Waals surface area contributed by atoms with Gasteiger partial charge in [-0.05, 0) is 43.5 Å². The second-order valence-electron chi connectivity index (χ2n) is 4.60. The van der Waals surface area contributed by atoms with E-state index in [1.807, 2.05) is 6.07 Å². The van der Waals surface area contributed by atoms with E-state index in [2.05, 4.69) is 36.6 Å². The summed E-state index contributed by atoms with van der Waals surface area (Å²) in [7, 11) is 0. The number of carbonyl (C=O) groups excluding carboxylic acids is 1. The maximum atomic E-state index is 11.7. The van der Waals surface area contributed by atoms with Gasteiger partial charge in [-0.1, -0.05) is 19.1 Å². The van der Waals surface area contributed by atoms with Gasteiger partial charge in [-0.25, -0.2) is 0 Å². The quantitative estimate of drug-likeness (QED) is 0.834. The van der Waals surface area contributed by atoms with Gasteiger partial charge >= 0.3 is 0 Å². The Bertz CT molecular complexity index is 415. The molecule has 1 aliphatic rings. The molecular formula is C14H20N2O. The second-order valence-corrected chi connectivity index (χ2v) is 4.60. The lowest BCUT2D eigenvalue weighted by molar-refractivity contribution is 0.0946. The molecule has 1 amide bonds. The van der Waals surface area contributed by atoms with E-state index >= 15 is 0 Å². The van der Waals surface area contributed by atoms with Gasteiger partial charge in [0.1, 0.15) is 0 Å². The first-order valence-corrected chi connectivity index (χ1v) is 6.36. The fraction of sp³-hybridized carbons (Fsp3) is 0.500. The van der Waals surface area contributed by atoms with Gasteiger partial charge in [0.25, 0.3) is 5.91 Å². The molecule has 1 aromatic carbocycles. The number of amides is 1. The summed E-state index contributed by atoms with van der Waals surface area (Å²) in [6.45, 7) is 6.05. The lowest BCUT2D eigenvalue weighted by atomic mass is 9.95. The molecule has 0 saturated heterocycles. The third-order valence-corrected chi connectivity index (χ3v) is 3.26. The van der Waals surface area contributed by atoms with Gasteiger partial charge in [-0.15, -0.1) is 0 Å². The normalized spacial score (nSPS) is 16.2. The summed E-state index contributed by atoms with van der Waals surface area (Å²) < 4.78 is 0. The summed E-state index contributed by atoms with van der Waals surface area (Å²) in [5.74, 6) is 0.0655. The molecule has 0 spiro atoms. The van der Waals surface area contributed by atoms with Crippen molar-refractivity contribution in [2.45, 2.75) is 32.7 Å². The Labute approximate surface area is 103 Å². The van der Waals surface area contributed by atoms with E-state index in [-0.39, 0.29) is 5.91 Å². The van der Waals surface area contributed by atoms with Crippen LogP contribution in [0.1, 0.15) is 47.8 Å². The van der Waals surface area contributed by atoms with Crippen molar-refractivity contribution in [3.63, 3.8) is 0 Å². The Kier molecular flexibility index (Phi) is 3.79. The second kappa shape index (κ2) is 5.32. The van der Waals surface area contributed by atoms with Crippen LogP contribution >= 0.6 is 0 Å². The van der Waals surface area contributed by atoms with Crippen LogP contribution in [0.4, 0.5) is 0 Å². The first kappa shape index (κ1) is 12.1. The van der Waals surface area contributed by atoms with Crippen LogP contribution in [0.5, 0.6) is 0 Å². The van der Waals surface area contributed by atoms with E-state index in [9.17, 15) is 4.79 Å². The van der Waals surface area contributed by atoms with Crippen molar-refractivity contribution in [2.75, 3.05) is 13.1 Å². The predicted molar refractivity (Wildman–Crippen MR) is 69.2 cm³/mol. The highest BCUT2D eigenvalue weighted by molar-refractivity contribution is 5.96. The Balaban J connectivity index is 2.20. The molecule has 1 aromatic rings. The topological polar surface area (TPSA) is 41.1 Å². The summed E-state index contributed by atoms with van der Waals surface area (Å²) in [5, 5.41) is 6.33. The monoisotopic (exact) mass is 232 g/mol. The summed E-state index contributed by atoms with van der Waals surface area (Å²) in [6, 6.07) is 6.55. The molecule has 0 aromatic heterocycles. The van der Waals surface area contributed by atoms with Crippen LogP contribution in [0, 0.1) is 0 Å². The average molecular weight is 232 g/mol. The molecular weight excluding hydrogens is 212 g/mol. The fourth-order valence-corrected chi connectivity index (χ4v) is 2.18. The fourth-order valence-electron chi connectivity index (χ4n) is 2.18. The lowest BCUT2D eigenvalue weighted by Gasteiger charge is -2.20. The predicted octanol–water partition coefficient (Wildman–Crippen LogP) is 2.03. The SMILES string of the molecule is CCCNC(C)c1ccc2c(c1)C(=O)NCC2. The van der Waals surface area contributed by atoms with Crippen molar-refractivity contribution >= 4 is 5.91 Å². The number of rotatable bonds is 4. The molecule has 3 nitrogen and oxygen atoms in total. The minimum atomic E-state index is 0.0655. The van der Waals surface area contributed by atoms with E-state index in [0.29, 0.717) is 6.04 Å². The lowest BCUT2D eigenvalue weighted by Crippen LogP contribution is -2.32. The molecule has 1 heterocycles. The van der Waals surface area contributed by atoms with Gasteiger partial charge in [-0.3, -0.25) is 4.79 Å². The molecule has 2 N–H and O–H groups in total. The molecule has 0 aliphatic carbocycles. The van der Waals surface area contributed by atoms with Gasteiger partial charge in [0.05, 0.1) is 0 Å².